The van der Waals surface area contributed by atoms with Crippen molar-refractivity contribution in [3.8, 4) is 0 Å². The van der Waals surface area contributed by atoms with Crippen LogP contribution in [0.1, 0.15) is 44.6 Å². The molecule has 0 bridgehead atoms. The van der Waals surface area contributed by atoms with Gasteiger partial charge in [-0.3, -0.25) is 0 Å². The van der Waals surface area contributed by atoms with Gasteiger partial charge in [0.25, 0.3) is 0 Å². The minimum Gasteiger partial charge on any atom is -0.382 e. The van der Waals surface area contributed by atoms with Crippen molar-refractivity contribution in [3.63, 3.8) is 0 Å². The SMILES string of the molecule is CCS(=O)(=O)CCCC1CC(C)Nc2ccccc21. The fourth-order valence-electron chi connectivity index (χ4n) is 2.83. The summed E-state index contributed by atoms with van der Waals surface area (Å²) in [6, 6.07) is 8.84. The van der Waals surface area contributed by atoms with Gasteiger partial charge in [-0.1, -0.05) is 25.1 Å². The first-order valence-corrected chi connectivity index (χ1v) is 8.90. The van der Waals surface area contributed by atoms with Crippen LogP contribution in [0.3, 0.4) is 0 Å². The molecule has 1 aromatic carbocycles. The first kappa shape index (κ1) is 14.4. The van der Waals surface area contributed by atoms with Gasteiger partial charge in [0.05, 0.1) is 5.75 Å². The van der Waals surface area contributed by atoms with Gasteiger partial charge >= 0.3 is 0 Å². The molecule has 4 heteroatoms. The van der Waals surface area contributed by atoms with E-state index in [1.807, 2.05) is 6.07 Å². The smallest absolute Gasteiger partial charge is 0.150 e. The average Bonchev–Trinajstić information content (AvgIpc) is 2.38. The van der Waals surface area contributed by atoms with Gasteiger partial charge in [-0.05, 0) is 43.7 Å². The maximum absolute atomic E-state index is 11.5. The number of sulfone groups is 1. The predicted octanol–water partition coefficient (Wildman–Crippen LogP) is 3.19. The minimum atomic E-state index is -2.83. The molecule has 1 aliphatic heterocycles. The van der Waals surface area contributed by atoms with Gasteiger partial charge in [-0.25, -0.2) is 8.42 Å². The Morgan fingerprint density at radius 2 is 2.05 bits per heavy atom. The van der Waals surface area contributed by atoms with Gasteiger partial charge in [0, 0.05) is 17.5 Å². The summed E-state index contributed by atoms with van der Waals surface area (Å²) in [4.78, 5) is 0. The quantitative estimate of drug-likeness (QED) is 0.901. The summed E-state index contributed by atoms with van der Waals surface area (Å²) < 4.78 is 23.1. The Morgan fingerprint density at radius 3 is 2.79 bits per heavy atom. The van der Waals surface area contributed by atoms with Gasteiger partial charge in [-0.15, -0.1) is 0 Å². The maximum atomic E-state index is 11.5. The Bertz CT molecular complexity index is 525. The van der Waals surface area contributed by atoms with Crippen LogP contribution in [0.25, 0.3) is 0 Å². The van der Waals surface area contributed by atoms with Crippen LogP contribution in [0.5, 0.6) is 0 Å². The zero-order valence-electron chi connectivity index (χ0n) is 11.7. The number of rotatable bonds is 5. The van der Waals surface area contributed by atoms with Gasteiger partial charge < -0.3 is 5.32 Å². The predicted molar refractivity (Wildman–Crippen MR) is 80.4 cm³/mol. The molecule has 106 valence electrons. The van der Waals surface area contributed by atoms with E-state index >= 15 is 0 Å². The van der Waals surface area contributed by atoms with Crippen LogP contribution in [0.15, 0.2) is 24.3 Å². The van der Waals surface area contributed by atoms with E-state index in [1.165, 1.54) is 11.3 Å². The number of para-hydroxylation sites is 1. The molecule has 0 saturated heterocycles. The van der Waals surface area contributed by atoms with Crippen LogP contribution < -0.4 is 5.32 Å². The van der Waals surface area contributed by atoms with Crippen molar-refractivity contribution >= 4 is 15.5 Å². The zero-order chi connectivity index (χ0) is 13.9. The number of hydrogen-bond donors (Lipinski definition) is 1. The average molecular weight is 281 g/mol. The second-order valence-electron chi connectivity index (χ2n) is 5.44. The van der Waals surface area contributed by atoms with Crippen molar-refractivity contribution in [2.75, 3.05) is 16.8 Å². The monoisotopic (exact) mass is 281 g/mol. The summed E-state index contributed by atoms with van der Waals surface area (Å²) in [6.07, 6.45) is 2.81. The van der Waals surface area contributed by atoms with Crippen molar-refractivity contribution < 1.29 is 8.42 Å². The Kier molecular flexibility index (Phi) is 4.50. The first-order valence-electron chi connectivity index (χ1n) is 7.07. The number of nitrogens with one attached hydrogen (secondary N) is 1. The van der Waals surface area contributed by atoms with E-state index in [0.29, 0.717) is 17.7 Å². The van der Waals surface area contributed by atoms with Crippen molar-refractivity contribution in [2.24, 2.45) is 0 Å². The lowest BCUT2D eigenvalue weighted by molar-refractivity contribution is 0.513. The molecule has 1 heterocycles. The molecule has 1 aliphatic rings. The van der Waals surface area contributed by atoms with Crippen LogP contribution in [0.2, 0.25) is 0 Å². The lowest BCUT2D eigenvalue weighted by Crippen LogP contribution is -2.25. The zero-order valence-corrected chi connectivity index (χ0v) is 12.5. The van der Waals surface area contributed by atoms with Gasteiger partial charge in [0.15, 0.2) is 0 Å². The van der Waals surface area contributed by atoms with Crippen LogP contribution in [0, 0.1) is 0 Å². The summed E-state index contributed by atoms with van der Waals surface area (Å²) in [6.45, 7) is 3.91. The molecule has 0 saturated carbocycles. The fraction of sp³-hybridized carbons (Fsp3) is 0.600. The second-order valence-corrected chi connectivity index (χ2v) is 7.92. The van der Waals surface area contributed by atoms with Gasteiger partial charge in [-0.2, -0.15) is 0 Å². The van der Waals surface area contributed by atoms with E-state index in [-0.39, 0.29) is 5.75 Å². The summed E-state index contributed by atoms with van der Waals surface area (Å²) in [5.74, 6) is 1.07. The molecule has 0 spiro atoms. The molecular formula is C15H23NO2S. The Labute approximate surface area is 116 Å². The topological polar surface area (TPSA) is 46.2 Å². The van der Waals surface area contributed by atoms with Crippen molar-refractivity contribution in [2.45, 2.75) is 45.1 Å². The number of benzene rings is 1. The van der Waals surface area contributed by atoms with E-state index in [9.17, 15) is 8.42 Å². The summed E-state index contributed by atoms with van der Waals surface area (Å²) >= 11 is 0. The van der Waals surface area contributed by atoms with Crippen LogP contribution >= 0.6 is 0 Å². The van der Waals surface area contributed by atoms with Crippen LogP contribution in [0.4, 0.5) is 5.69 Å². The minimum absolute atomic E-state index is 0.256. The molecule has 3 nitrogen and oxygen atoms in total. The molecule has 19 heavy (non-hydrogen) atoms. The Balaban J connectivity index is 2.01. The van der Waals surface area contributed by atoms with Crippen LogP contribution in [-0.2, 0) is 9.84 Å². The maximum Gasteiger partial charge on any atom is 0.150 e. The highest BCUT2D eigenvalue weighted by Crippen LogP contribution is 2.36. The van der Waals surface area contributed by atoms with E-state index in [4.69, 9.17) is 0 Å². The molecule has 0 radical (unpaired) electrons. The summed E-state index contributed by atoms with van der Waals surface area (Å²) in [7, 11) is -2.83. The molecule has 0 fully saturated rings. The van der Waals surface area contributed by atoms with Crippen molar-refractivity contribution in [3.05, 3.63) is 29.8 Å². The highest BCUT2D eigenvalue weighted by Gasteiger charge is 2.23. The lowest BCUT2D eigenvalue weighted by atomic mass is 9.84. The first-order chi connectivity index (χ1) is 9.02. The normalized spacial score (nSPS) is 22.6. The van der Waals surface area contributed by atoms with E-state index in [1.54, 1.807) is 6.92 Å². The molecule has 1 N–H and O–H groups in total. The fourth-order valence-corrected chi connectivity index (χ4v) is 3.73. The third-order valence-electron chi connectivity index (χ3n) is 3.89. The summed E-state index contributed by atoms with van der Waals surface area (Å²) in [5, 5.41) is 3.49. The summed E-state index contributed by atoms with van der Waals surface area (Å²) in [5.41, 5.74) is 2.55. The Morgan fingerprint density at radius 1 is 1.32 bits per heavy atom. The third-order valence-corrected chi connectivity index (χ3v) is 5.68. The molecule has 1 aromatic rings. The molecule has 0 aromatic heterocycles. The van der Waals surface area contributed by atoms with Gasteiger partial charge in [0.2, 0.25) is 0 Å². The molecule has 0 aliphatic carbocycles. The molecule has 0 amide bonds. The van der Waals surface area contributed by atoms with E-state index in [0.717, 1.165) is 19.3 Å². The molecular weight excluding hydrogens is 258 g/mol. The second kappa shape index (κ2) is 5.95. The van der Waals surface area contributed by atoms with E-state index < -0.39 is 9.84 Å². The lowest BCUT2D eigenvalue weighted by Gasteiger charge is -2.31. The molecule has 2 atom stereocenters. The van der Waals surface area contributed by atoms with Crippen LogP contribution in [-0.4, -0.2) is 26.0 Å². The van der Waals surface area contributed by atoms with Crippen molar-refractivity contribution in [1.82, 2.24) is 0 Å². The van der Waals surface area contributed by atoms with E-state index in [2.05, 4.69) is 30.4 Å². The molecule has 2 rings (SSSR count). The standard InChI is InChI=1S/C15H23NO2S/c1-3-19(17,18)10-6-7-13-11-12(2)16-15-9-5-4-8-14(13)15/h4-5,8-9,12-13,16H,3,6-7,10-11H2,1-2H3. The third kappa shape index (κ3) is 3.72. The van der Waals surface area contributed by atoms with Gasteiger partial charge in [0.1, 0.15) is 9.84 Å². The number of hydrogen-bond acceptors (Lipinski definition) is 3. The highest BCUT2D eigenvalue weighted by atomic mass is 32.2. The number of fused-ring (bicyclic) bond motifs is 1. The van der Waals surface area contributed by atoms with Crippen molar-refractivity contribution in [1.29, 1.82) is 0 Å². The highest BCUT2D eigenvalue weighted by molar-refractivity contribution is 7.91. The molecule has 2 unspecified atom stereocenters. The largest absolute Gasteiger partial charge is 0.382 e. The Hall–Kier alpha value is -1.03. The number of anilines is 1.